The Morgan fingerprint density at radius 2 is 2.06 bits per heavy atom. The van der Waals surface area contributed by atoms with Gasteiger partial charge in [0.25, 0.3) is 0 Å². The molecule has 4 heteroatoms. The van der Waals surface area contributed by atoms with Gasteiger partial charge in [-0.2, -0.15) is 0 Å². The molecule has 1 aromatic rings. The van der Waals surface area contributed by atoms with E-state index in [4.69, 9.17) is 28.9 Å². The Morgan fingerprint density at radius 3 is 2.56 bits per heavy atom. The summed E-state index contributed by atoms with van der Waals surface area (Å²) in [6, 6.07) is 5.50. The molecular weight excluding hydrogens is 245 g/mol. The topological polar surface area (TPSA) is 46.2 Å². The molecule has 0 radical (unpaired) electrons. The molecular formula is C12H17Cl2NO. The van der Waals surface area contributed by atoms with Crippen LogP contribution in [-0.4, -0.2) is 17.8 Å². The minimum atomic E-state index is -0.493. The first-order valence-corrected chi connectivity index (χ1v) is 5.97. The third-order valence-corrected chi connectivity index (χ3v) is 3.96. The first-order valence-electron chi connectivity index (χ1n) is 5.22. The summed E-state index contributed by atoms with van der Waals surface area (Å²) in [6.45, 7) is 4.08. The summed E-state index contributed by atoms with van der Waals surface area (Å²) in [5, 5.41) is 10.8. The summed E-state index contributed by atoms with van der Waals surface area (Å²) in [5.74, 6) is 0. The summed E-state index contributed by atoms with van der Waals surface area (Å²) < 4.78 is 0. The molecule has 0 aromatic heterocycles. The van der Waals surface area contributed by atoms with Gasteiger partial charge < -0.3 is 10.8 Å². The molecule has 0 aliphatic carbocycles. The highest BCUT2D eigenvalue weighted by Crippen LogP contribution is 2.32. The van der Waals surface area contributed by atoms with Crippen molar-refractivity contribution in [1.29, 1.82) is 0 Å². The number of rotatable bonds is 4. The maximum Gasteiger partial charge on any atom is 0.0624 e. The number of hydrogen-bond acceptors (Lipinski definition) is 2. The Morgan fingerprint density at radius 1 is 1.44 bits per heavy atom. The van der Waals surface area contributed by atoms with Gasteiger partial charge in [-0.1, -0.05) is 42.3 Å². The molecule has 0 saturated carbocycles. The molecule has 0 bridgehead atoms. The SMILES string of the molecule is CC(O)C(C)(CN)Cc1cccc(Cl)c1Cl. The molecule has 1 aromatic carbocycles. The lowest BCUT2D eigenvalue weighted by Crippen LogP contribution is -2.39. The van der Waals surface area contributed by atoms with Crippen LogP contribution in [0.3, 0.4) is 0 Å². The lowest BCUT2D eigenvalue weighted by molar-refractivity contribution is 0.0589. The zero-order chi connectivity index (χ0) is 12.3. The molecule has 2 nitrogen and oxygen atoms in total. The van der Waals surface area contributed by atoms with E-state index in [0.29, 0.717) is 23.0 Å². The first kappa shape index (κ1) is 13.8. The summed E-state index contributed by atoms with van der Waals surface area (Å²) in [4.78, 5) is 0. The Bertz CT molecular complexity index is 368. The van der Waals surface area contributed by atoms with Gasteiger partial charge >= 0.3 is 0 Å². The Balaban J connectivity index is 2.99. The lowest BCUT2D eigenvalue weighted by atomic mass is 9.79. The average Bonchev–Trinajstić information content (AvgIpc) is 2.24. The van der Waals surface area contributed by atoms with Crippen LogP contribution < -0.4 is 5.73 Å². The van der Waals surface area contributed by atoms with E-state index in [9.17, 15) is 5.11 Å². The molecule has 0 aliphatic rings. The number of hydrogen-bond donors (Lipinski definition) is 2. The number of benzene rings is 1. The van der Waals surface area contributed by atoms with Crippen LogP contribution >= 0.6 is 23.2 Å². The third-order valence-electron chi connectivity index (χ3n) is 3.10. The van der Waals surface area contributed by atoms with Gasteiger partial charge in [-0.05, 0) is 25.0 Å². The predicted octanol–water partition coefficient (Wildman–Crippen LogP) is 2.88. The van der Waals surface area contributed by atoms with Crippen molar-refractivity contribution < 1.29 is 5.11 Å². The van der Waals surface area contributed by atoms with Crippen LogP contribution in [0.15, 0.2) is 18.2 Å². The molecule has 2 unspecified atom stereocenters. The molecule has 0 saturated heterocycles. The molecule has 90 valence electrons. The fourth-order valence-corrected chi connectivity index (χ4v) is 1.90. The highest BCUT2D eigenvalue weighted by atomic mass is 35.5. The predicted molar refractivity (Wildman–Crippen MR) is 69.0 cm³/mol. The highest BCUT2D eigenvalue weighted by Gasteiger charge is 2.29. The average molecular weight is 262 g/mol. The zero-order valence-corrected chi connectivity index (χ0v) is 11.0. The van der Waals surface area contributed by atoms with E-state index >= 15 is 0 Å². The smallest absolute Gasteiger partial charge is 0.0624 e. The second-order valence-corrected chi connectivity index (χ2v) is 5.21. The summed E-state index contributed by atoms with van der Waals surface area (Å²) in [6.07, 6.45) is 0.119. The molecule has 0 aliphatic heterocycles. The van der Waals surface area contributed by atoms with Crippen molar-refractivity contribution in [2.75, 3.05) is 6.54 Å². The van der Waals surface area contributed by atoms with Crippen LogP contribution in [0.5, 0.6) is 0 Å². The standard InChI is InChI=1S/C12H17Cl2NO/c1-8(16)12(2,7-15)6-9-4-3-5-10(13)11(9)14/h3-5,8,16H,6-7,15H2,1-2H3. The van der Waals surface area contributed by atoms with Crippen LogP contribution in [0, 0.1) is 5.41 Å². The van der Waals surface area contributed by atoms with Crippen molar-refractivity contribution in [3.05, 3.63) is 33.8 Å². The monoisotopic (exact) mass is 261 g/mol. The lowest BCUT2D eigenvalue weighted by Gasteiger charge is -2.31. The van der Waals surface area contributed by atoms with Crippen LogP contribution in [0.4, 0.5) is 0 Å². The minimum absolute atomic E-state index is 0.381. The third kappa shape index (κ3) is 2.89. The second kappa shape index (κ2) is 5.37. The largest absolute Gasteiger partial charge is 0.393 e. The fraction of sp³-hybridized carbons (Fsp3) is 0.500. The van der Waals surface area contributed by atoms with E-state index in [1.54, 1.807) is 13.0 Å². The van der Waals surface area contributed by atoms with Crippen LogP contribution in [-0.2, 0) is 6.42 Å². The summed E-state index contributed by atoms with van der Waals surface area (Å²) in [7, 11) is 0. The van der Waals surface area contributed by atoms with E-state index in [0.717, 1.165) is 5.56 Å². The molecule has 0 fully saturated rings. The fourth-order valence-electron chi connectivity index (χ4n) is 1.51. The maximum atomic E-state index is 9.74. The Kier molecular flexibility index (Phi) is 4.62. The number of nitrogens with two attached hydrogens (primary N) is 1. The molecule has 2 atom stereocenters. The molecule has 0 amide bonds. The zero-order valence-electron chi connectivity index (χ0n) is 9.50. The maximum absolute atomic E-state index is 9.74. The summed E-state index contributed by atoms with van der Waals surface area (Å²) in [5.41, 5.74) is 6.25. The minimum Gasteiger partial charge on any atom is -0.393 e. The normalized spacial score (nSPS) is 16.9. The number of aliphatic hydroxyl groups is 1. The van der Waals surface area contributed by atoms with Gasteiger partial charge in [-0.15, -0.1) is 0 Å². The van der Waals surface area contributed by atoms with Crippen molar-refractivity contribution in [2.45, 2.75) is 26.4 Å². The summed E-state index contributed by atoms with van der Waals surface area (Å²) >= 11 is 12.0. The molecule has 0 spiro atoms. The van der Waals surface area contributed by atoms with Crippen LogP contribution in [0.1, 0.15) is 19.4 Å². The van der Waals surface area contributed by atoms with Crippen molar-refractivity contribution >= 4 is 23.2 Å². The molecule has 16 heavy (non-hydrogen) atoms. The van der Waals surface area contributed by atoms with Gasteiger partial charge in [0.05, 0.1) is 16.1 Å². The van der Waals surface area contributed by atoms with Crippen molar-refractivity contribution in [2.24, 2.45) is 11.1 Å². The second-order valence-electron chi connectivity index (χ2n) is 4.42. The van der Waals surface area contributed by atoms with Gasteiger partial charge in [0, 0.05) is 12.0 Å². The molecule has 0 heterocycles. The van der Waals surface area contributed by atoms with Gasteiger partial charge in [0.15, 0.2) is 0 Å². The number of halogens is 2. The van der Waals surface area contributed by atoms with Crippen molar-refractivity contribution in [1.82, 2.24) is 0 Å². The Hall–Kier alpha value is -0.280. The van der Waals surface area contributed by atoms with E-state index in [1.165, 1.54) is 0 Å². The van der Waals surface area contributed by atoms with Crippen LogP contribution in [0.2, 0.25) is 10.0 Å². The van der Waals surface area contributed by atoms with Crippen molar-refractivity contribution in [3.8, 4) is 0 Å². The van der Waals surface area contributed by atoms with E-state index < -0.39 is 6.10 Å². The van der Waals surface area contributed by atoms with E-state index in [1.807, 2.05) is 19.1 Å². The molecule has 3 N–H and O–H groups in total. The highest BCUT2D eigenvalue weighted by molar-refractivity contribution is 6.42. The first-order chi connectivity index (χ1) is 7.40. The Labute approximate surface area is 106 Å². The van der Waals surface area contributed by atoms with Gasteiger partial charge in [0.1, 0.15) is 0 Å². The van der Waals surface area contributed by atoms with E-state index in [2.05, 4.69) is 0 Å². The van der Waals surface area contributed by atoms with Gasteiger partial charge in [-0.25, -0.2) is 0 Å². The molecule has 1 rings (SSSR count). The number of aliphatic hydroxyl groups excluding tert-OH is 1. The van der Waals surface area contributed by atoms with Crippen molar-refractivity contribution in [3.63, 3.8) is 0 Å². The van der Waals surface area contributed by atoms with E-state index in [-0.39, 0.29) is 5.41 Å². The quantitative estimate of drug-likeness (QED) is 0.876. The van der Waals surface area contributed by atoms with Gasteiger partial charge in [0.2, 0.25) is 0 Å². The van der Waals surface area contributed by atoms with Gasteiger partial charge in [-0.3, -0.25) is 0 Å². The van der Waals surface area contributed by atoms with Crippen LogP contribution in [0.25, 0.3) is 0 Å².